The van der Waals surface area contributed by atoms with Gasteiger partial charge in [0.25, 0.3) is 0 Å². The van der Waals surface area contributed by atoms with Crippen molar-refractivity contribution in [3.63, 3.8) is 0 Å². The molecule has 4 rings (SSSR count). The van der Waals surface area contributed by atoms with E-state index in [4.69, 9.17) is 14.7 Å². The molecule has 32 heavy (non-hydrogen) atoms. The van der Waals surface area contributed by atoms with Crippen molar-refractivity contribution in [1.82, 2.24) is 4.98 Å². The molecule has 6 nitrogen and oxygen atoms in total. The summed E-state index contributed by atoms with van der Waals surface area (Å²) in [5, 5.41) is 13.5. The third-order valence-electron chi connectivity index (χ3n) is 6.61. The van der Waals surface area contributed by atoms with E-state index in [9.17, 15) is 4.79 Å². The lowest BCUT2D eigenvalue weighted by Crippen LogP contribution is -2.20. The maximum Gasteiger partial charge on any atom is 0.341 e. The zero-order chi connectivity index (χ0) is 22.2. The van der Waals surface area contributed by atoms with E-state index in [1.165, 1.54) is 24.8 Å². The number of aliphatic carboxylic acids is 1. The van der Waals surface area contributed by atoms with Crippen molar-refractivity contribution in [3.8, 4) is 5.75 Å². The van der Waals surface area contributed by atoms with Gasteiger partial charge in [-0.05, 0) is 73.8 Å². The number of fused-ring (bicyclic) bond motifs is 1. The number of carboxylic acids is 1. The first-order valence-electron chi connectivity index (χ1n) is 11.8. The van der Waals surface area contributed by atoms with Gasteiger partial charge in [-0.1, -0.05) is 36.6 Å². The molecule has 2 aliphatic carbocycles. The van der Waals surface area contributed by atoms with Crippen LogP contribution in [0.4, 0.5) is 0 Å². The van der Waals surface area contributed by atoms with Crippen LogP contribution in [0.25, 0.3) is 0 Å². The lowest BCUT2D eigenvalue weighted by molar-refractivity contribution is -0.139. The van der Waals surface area contributed by atoms with Gasteiger partial charge in [0.15, 0.2) is 6.61 Å². The summed E-state index contributed by atoms with van der Waals surface area (Å²) in [5.74, 6) is 0.560. The first kappa shape index (κ1) is 22.3. The fraction of sp³-hybridized carbons (Fsp3) is 0.500. The predicted octanol–water partition coefficient (Wildman–Crippen LogP) is 5.36. The predicted molar refractivity (Wildman–Crippen MR) is 123 cm³/mol. The number of oxime groups is 1. The second-order valence-corrected chi connectivity index (χ2v) is 8.77. The molecular formula is C26H32N2O4. The van der Waals surface area contributed by atoms with E-state index in [-0.39, 0.29) is 6.61 Å². The number of rotatable bonds is 9. The number of nitrogens with zero attached hydrogens (tertiary/aromatic N) is 2. The Kier molecular flexibility index (Phi) is 7.75. The Morgan fingerprint density at radius 3 is 2.75 bits per heavy atom. The van der Waals surface area contributed by atoms with Crippen molar-refractivity contribution in [1.29, 1.82) is 0 Å². The zero-order valence-corrected chi connectivity index (χ0v) is 18.5. The molecule has 1 heterocycles. The highest BCUT2D eigenvalue weighted by Gasteiger charge is 2.24. The highest BCUT2D eigenvalue weighted by molar-refractivity contribution is 6.01. The number of benzene rings is 1. The summed E-state index contributed by atoms with van der Waals surface area (Å²) in [5.41, 5.74) is 4.49. The molecule has 0 spiro atoms. The van der Waals surface area contributed by atoms with Gasteiger partial charge in [0.1, 0.15) is 12.4 Å². The van der Waals surface area contributed by atoms with Gasteiger partial charge >= 0.3 is 5.97 Å². The van der Waals surface area contributed by atoms with Crippen molar-refractivity contribution in [2.45, 2.75) is 63.7 Å². The standard InChI is InChI=1S/C26H32N2O4/c29-25(30)18-31-24-13-5-11-22-19(9-4-12-23(22)24)14-16-32-28-26(20-7-2-1-3-8-20)21-10-6-15-27-17-21/h5-6,10-11,13,15,17,19-20H,1-4,7-9,12,14,16,18H2,(H,29,30). The second kappa shape index (κ2) is 11.1. The quantitative estimate of drug-likeness (QED) is 0.325. The third kappa shape index (κ3) is 5.67. The van der Waals surface area contributed by atoms with Crippen molar-refractivity contribution in [3.05, 3.63) is 59.4 Å². The third-order valence-corrected chi connectivity index (χ3v) is 6.61. The van der Waals surface area contributed by atoms with Gasteiger partial charge in [0.05, 0.1) is 5.71 Å². The summed E-state index contributed by atoms with van der Waals surface area (Å²) in [6, 6.07) is 9.99. The van der Waals surface area contributed by atoms with Gasteiger partial charge in [-0.25, -0.2) is 4.79 Å². The number of hydrogen-bond acceptors (Lipinski definition) is 5. The van der Waals surface area contributed by atoms with Crippen LogP contribution in [0.5, 0.6) is 5.75 Å². The minimum absolute atomic E-state index is 0.308. The second-order valence-electron chi connectivity index (χ2n) is 8.77. The summed E-state index contributed by atoms with van der Waals surface area (Å²) < 4.78 is 5.53. The van der Waals surface area contributed by atoms with E-state index in [1.807, 2.05) is 24.4 Å². The van der Waals surface area contributed by atoms with Gasteiger partial charge in [-0.3, -0.25) is 4.98 Å². The van der Waals surface area contributed by atoms with Crippen LogP contribution in [0.1, 0.15) is 74.0 Å². The largest absolute Gasteiger partial charge is 0.482 e. The van der Waals surface area contributed by atoms with Crippen LogP contribution in [0.2, 0.25) is 0 Å². The van der Waals surface area contributed by atoms with E-state index in [1.54, 1.807) is 6.20 Å². The minimum atomic E-state index is -0.955. The Labute approximate surface area is 189 Å². The van der Waals surface area contributed by atoms with Gasteiger partial charge in [0.2, 0.25) is 0 Å². The Morgan fingerprint density at radius 1 is 1.09 bits per heavy atom. The van der Waals surface area contributed by atoms with Crippen LogP contribution in [0.3, 0.4) is 0 Å². The Balaban J connectivity index is 1.41. The first-order valence-corrected chi connectivity index (χ1v) is 11.8. The molecule has 2 aromatic rings. The normalized spacial score (nSPS) is 19.2. The molecule has 0 aliphatic heterocycles. The number of hydrogen-bond donors (Lipinski definition) is 1. The van der Waals surface area contributed by atoms with E-state index in [0.29, 0.717) is 24.2 Å². The minimum Gasteiger partial charge on any atom is -0.482 e. The molecule has 6 heteroatoms. The number of pyridine rings is 1. The molecule has 0 saturated heterocycles. The summed E-state index contributed by atoms with van der Waals surface area (Å²) in [7, 11) is 0. The molecule has 1 aromatic heterocycles. The highest BCUT2D eigenvalue weighted by Crippen LogP contribution is 2.38. The van der Waals surface area contributed by atoms with Crippen LogP contribution < -0.4 is 4.74 Å². The van der Waals surface area contributed by atoms with Gasteiger partial charge in [0, 0.05) is 23.9 Å². The Morgan fingerprint density at radius 2 is 1.97 bits per heavy atom. The van der Waals surface area contributed by atoms with Gasteiger partial charge in [-0.15, -0.1) is 0 Å². The monoisotopic (exact) mass is 436 g/mol. The Hall–Kier alpha value is -2.89. The molecule has 170 valence electrons. The molecule has 1 aromatic carbocycles. The molecule has 1 N–H and O–H groups in total. The highest BCUT2D eigenvalue weighted by atomic mass is 16.6. The molecule has 0 bridgehead atoms. The van der Waals surface area contributed by atoms with Crippen LogP contribution >= 0.6 is 0 Å². The topological polar surface area (TPSA) is 81.0 Å². The number of aromatic nitrogens is 1. The van der Waals surface area contributed by atoms with Gasteiger partial charge in [-0.2, -0.15) is 0 Å². The summed E-state index contributed by atoms with van der Waals surface area (Å²) >= 11 is 0. The number of carbonyl (C=O) groups is 1. The summed E-state index contributed by atoms with van der Waals surface area (Å²) in [6.07, 6.45) is 13.7. The maximum absolute atomic E-state index is 10.9. The van der Waals surface area contributed by atoms with E-state index in [2.05, 4.69) is 22.3 Å². The average Bonchev–Trinajstić information content (AvgIpc) is 2.84. The van der Waals surface area contributed by atoms with Crippen molar-refractivity contribution >= 4 is 11.7 Å². The summed E-state index contributed by atoms with van der Waals surface area (Å²) in [4.78, 5) is 21.1. The Bertz CT molecular complexity index is 923. The van der Waals surface area contributed by atoms with Crippen molar-refractivity contribution in [2.75, 3.05) is 13.2 Å². The lowest BCUT2D eigenvalue weighted by atomic mass is 9.81. The van der Waals surface area contributed by atoms with Crippen LogP contribution in [-0.4, -0.2) is 35.0 Å². The van der Waals surface area contributed by atoms with E-state index in [0.717, 1.165) is 55.4 Å². The molecule has 0 amide bonds. The molecular weight excluding hydrogens is 404 g/mol. The van der Waals surface area contributed by atoms with E-state index >= 15 is 0 Å². The summed E-state index contributed by atoms with van der Waals surface area (Å²) in [6.45, 7) is 0.248. The number of ether oxygens (including phenoxy) is 1. The van der Waals surface area contributed by atoms with Crippen molar-refractivity contribution < 1.29 is 19.5 Å². The fourth-order valence-electron chi connectivity index (χ4n) is 5.05. The zero-order valence-electron chi connectivity index (χ0n) is 18.5. The molecule has 0 radical (unpaired) electrons. The molecule has 1 saturated carbocycles. The lowest BCUT2D eigenvalue weighted by Gasteiger charge is -2.27. The molecule has 1 unspecified atom stereocenters. The average molecular weight is 437 g/mol. The van der Waals surface area contributed by atoms with E-state index < -0.39 is 5.97 Å². The maximum atomic E-state index is 10.9. The SMILES string of the molecule is O=C(O)COc1cccc2c1CCCC2CCON=C(c1cccnc1)C1CCCCC1. The molecule has 2 aliphatic rings. The fourth-order valence-corrected chi connectivity index (χ4v) is 5.05. The van der Waals surface area contributed by atoms with Crippen LogP contribution in [-0.2, 0) is 16.1 Å². The van der Waals surface area contributed by atoms with Gasteiger partial charge < -0.3 is 14.7 Å². The number of carboxylic acid groups (broad SMARTS) is 1. The van der Waals surface area contributed by atoms with Crippen LogP contribution in [0.15, 0.2) is 47.9 Å². The first-order chi connectivity index (χ1) is 15.7. The smallest absolute Gasteiger partial charge is 0.341 e. The molecule has 1 atom stereocenters. The molecule has 1 fully saturated rings. The van der Waals surface area contributed by atoms with Crippen molar-refractivity contribution in [2.24, 2.45) is 11.1 Å². The van der Waals surface area contributed by atoms with Crippen LogP contribution in [0, 0.1) is 5.92 Å².